The van der Waals surface area contributed by atoms with Crippen LogP contribution in [0.25, 0.3) is 0 Å². The maximum atomic E-state index is 13.5. The molecule has 0 radical (unpaired) electrons. The fourth-order valence-electron chi connectivity index (χ4n) is 4.60. The first-order valence-corrected chi connectivity index (χ1v) is 9.90. The Bertz CT molecular complexity index is 950. The van der Waals surface area contributed by atoms with Crippen molar-refractivity contribution < 1.29 is 18.7 Å². The van der Waals surface area contributed by atoms with Crippen molar-refractivity contribution in [1.82, 2.24) is 19.7 Å². The van der Waals surface area contributed by atoms with E-state index < -0.39 is 5.82 Å². The Labute approximate surface area is 175 Å². The summed E-state index contributed by atoms with van der Waals surface area (Å²) in [5.74, 6) is 0.259. The quantitative estimate of drug-likeness (QED) is 0.778. The first-order chi connectivity index (χ1) is 14.4. The number of urea groups is 1. The van der Waals surface area contributed by atoms with Crippen molar-refractivity contribution in [2.24, 2.45) is 11.8 Å². The molecule has 1 aromatic carbocycles. The summed E-state index contributed by atoms with van der Waals surface area (Å²) in [5.41, 5.74) is 1.26. The van der Waals surface area contributed by atoms with Crippen LogP contribution in [0.2, 0.25) is 0 Å². The van der Waals surface area contributed by atoms with Gasteiger partial charge in [0.05, 0.1) is 24.9 Å². The number of likely N-dealkylation sites (tertiary alicyclic amines) is 2. The van der Waals surface area contributed by atoms with E-state index in [0.29, 0.717) is 19.6 Å². The number of methoxy groups -OCH3 is 1. The lowest BCUT2D eigenvalue weighted by Crippen LogP contribution is -2.42. The van der Waals surface area contributed by atoms with Gasteiger partial charge in [0, 0.05) is 51.8 Å². The van der Waals surface area contributed by atoms with Crippen molar-refractivity contribution >= 4 is 11.9 Å². The molecule has 8 heteroatoms. The van der Waals surface area contributed by atoms with Crippen molar-refractivity contribution in [3.05, 3.63) is 59.7 Å². The van der Waals surface area contributed by atoms with Gasteiger partial charge in [-0.1, -0.05) is 12.1 Å². The van der Waals surface area contributed by atoms with Crippen molar-refractivity contribution in [3.63, 3.8) is 0 Å². The van der Waals surface area contributed by atoms with E-state index in [4.69, 9.17) is 4.74 Å². The number of nitrogens with zero attached hydrogens (tertiary/aromatic N) is 4. The summed E-state index contributed by atoms with van der Waals surface area (Å²) in [6, 6.07) is 8.75. The summed E-state index contributed by atoms with van der Waals surface area (Å²) in [4.78, 5) is 34.8. The summed E-state index contributed by atoms with van der Waals surface area (Å²) in [7, 11) is 5.10. The first-order valence-electron chi connectivity index (χ1n) is 9.90. The summed E-state index contributed by atoms with van der Waals surface area (Å²) in [6.07, 6.45) is 2.47. The molecule has 2 aliphatic rings. The summed E-state index contributed by atoms with van der Waals surface area (Å²) in [5, 5.41) is 0. The van der Waals surface area contributed by atoms with Crippen molar-refractivity contribution in [2.75, 3.05) is 40.8 Å². The molecule has 0 unspecified atom stereocenters. The Kier molecular flexibility index (Phi) is 5.32. The van der Waals surface area contributed by atoms with E-state index in [1.165, 1.54) is 12.3 Å². The van der Waals surface area contributed by atoms with E-state index in [2.05, 4.69) is 4.98 Å². The van der Waals surface area contributed by atoms with Crippen LogP contribution >= 0.6 is 0 Å². The van der Waals surface area contributed by atoms with E-state index in [1.807, 2.05) is 29.2 Å². The fourth-order valence-corrected chi connectivity index (χ4v) is 4.60. The van der Waals surface area contributed by atoms with Crippen LogP contribution in [0.1, 0.15) is 22.0 Å². The number of ether oxygens (including phenoxy) is 1. The molecule has 30 heavy (non-hydrogen) atoms. The van der Waals surface area contributed by atoms with Crippen molar-refractivity contribution in [3.8, 4) is 5.75 Å². The molecule has 0 saturated carbocycles. The number of carbonyl (C=O) groups is 2. The van der Waals surface area contributed by atoms with Gasteiger partial charge >= 0.3 is 6.03 Å². The monoisotopic (exact) mass is 412 g/mol. The van der Waals surface area contributed by atoms with Gasteiger partial charge in [-0.2, -0.15) is 0 Å². The second kappa shape index (κ2) is 7.93. The molecule has 3 heterocycles. The van der Waals surface area contributed by atoms with Crippen LogP contribution in [-0.4, -0.2) is 72.5 Å². The lowest BCUT2D eigenvalue weighted by atomic mass is 9.89. The van der Waals surface area contributed by atoms with E-state index >= 15 is 0 Å². The number of amides is 3. The normalized spacial score (nSPS) is 22.7. The molecule has 0 aliphatic carbocycles. The molecule has 4 rings (SSSR count). The lowest BCUT2D eigenvalue weighted by molar-refractivity contribution is 0.0765. The number of rotatable bonds is 3. The Morgan fingerprint density at radius 2 is 1.87 bits per heavy atom. The zero-order chi connectivity index (χ0) is 21.4. The van der Waals surface area contributed by atoms with Crippen molar-refractivity contribution in [2.45, 2.75) is 6.04 Å². The third-order valence-electron chi connectivity index (χ3n) is 5.99. The van der Waals surface area contributed by atoms with E-state index in [9.17, 15) is 14.0 Å². The zero-order valence-corrected chi connectivity index (χ0v) is 17.3. The highest BCUT2D eigenvalue weighted by molar-refractivity contribution is 5.94. The van der Waals surface area contributed by atoms with Crippen LogP contribution in [0.15, 0.2) is 42.7 Å². The molecular formula is C22H25FN4O3. The van der Waals surface area contributed by atoms with Crippen LogP contribution in [0.3, 0.4) is 0 Å². The second-order valence-corrected chi connectivity index (χ2v) is 8.07. The average molecular weight is 412 g/mol. The van der Waals surface area contributed by atoms with Gasteiger partial charge in [-0.15, -0.1) is 0 Å². The van der Waals surface area contributed by atoms with Gasteiger partial charge in [0.25, 0.3) is 5.91 Å². The highest BCUT2D eigenvalue weighted by Gasteiger charge is 2.50. The van der Waals surface area contributed by atoms with Crippen LogP contribution in [-0.2, 0) is 0 Å². The number of carbonyl (C=O) groups excluding carboxylic acids is 2. The van der Waals surface area contributed by atoms with Crippen LogP contribution in [0.5, 0.6) is 5.75 Å². The Hall–Kier alpha value is -3.16. The molecule has 0 bridgehead atoms. The van der Waals surface area contributed by atoms with Gasteiger partial charge in [0.2, 0.25) is 0 Å². The highest BCUT2D eigenvalue weighted by Crippen LogP contribution is 2.45. The third-order valence-corrected chi connectivity index (χ3v) is 5.99. The topological polar surface area (TPSA) is 66.0 Å². The average Bonchev–Trinajstić information content (AvgIpc) is 3.30. The van der Waals surface area contributed by atoms with Gasteiger partial charge in [0.15, 0.2) is 0 Å². The SMILES string of the molecule is COc1ccc([C@H]2[C@@H]3CN(C(=O)c4cncc(F)c4)C[C@@H]3CN2C(=O)N(C)C)cc1. The van der Waals surface area contributed by atoms with E-state index in [1.54, 1.807) is 31.0 Å². The standard InChI is InChI=1S/C22H25FN4O3/c1-25(2)22(29)27-12-16-11-26(21(28)15-8-17(23)10-24-9-15)13-19(16)20(27)14-4-6-18(30-3)7-5-14/h4-10,16,19-20H,11-13H2,1-3H3/t16-,19-,20+/m1/s1. The summed E-state index contributed by atoms with van der Waals surface area (Å²) >= 11 is 0. The first kappa shape index (κ1) is 20.1. The number of pyridine rings is 1. The number of halogens is 1. The van der Waals surface area contributed by atoms with Crippen LogP contribution < -0.4 is 4.74 Å². The van der Waals surface area contributed by atoms with Gasteiger partial charge in [-0.05, 0) is 23.8 Å². The molecular weight excluding hydrogens is 387 g/mol. The predicted octanol–water partition coefficient (Wildman–Crippen LogP) is 2.66. The number of hydrogen-bond donors (Lipinski definition) is 0. The second-order valence-electron chi connectivity index (χ2n) is 8.07. The summed E-state index contributed by atoms with van der Waals surface area (Å²) < 4.78 is 18.8. The molecule has 1 aromatic heterocycles. The molecule has 158 valence electrons. The summed E-state index contributed by atoms with van der Waals surface area (Å²) in [6.45, 7) is 1.61. The molecule has 3 atom stereocenters. The van der Waals surface area contributed by atoms with E-state index in [-0.39, 0.29) is 35.4 Å². The molecule has 0 N–H and O–H groups in total. The molecule has 0 spiro atoms. The maximum Gasteiger partial charge on any atom is 0.320 e. The Morgan fingerprint density at radius 1 is 1.13 bits per heavy atom. The van der Waals surface area contributed by atoms with Crippen LogP contribution in [0, 0.1) is 17.7 Å². The minimum absolute atomic E-state index is 0.0441. The molecule has 2 aliphatic heterocycles. The number of aromatic nitrogens is 1. The van der Waals surface area contributed by atoms with Gasteiger partial charge in [-0.3, -0.25) is 9.78 Å². The van der Waals surface area contributed by atoms with E-state index in [0.717, 1.165) is 17.5 Å². The molecule has 3 amide bonds. The highest BCUT2D eigenvalue weighted by atomic mass is 19.1. The minimum atomic E-state index is -0.529. The van der Waals surface area contributed by atoms with Crippen molar-refractivity contribution in [1.29, 1.82) is 0 Å². The molecule has 2 saturated heterocycles. The smallest absolute Gasteiger partial charge is 0.320 e. The molecule has 2 aromatic rings. The zero-order valence-electron chi connectivity index (χ0n) is 17.3. The molecule has 2 fully saturated rings. The van der Waals surface area contributed by atoms with Gasteiger partial charge in [0.1, 0.15) is 11.6 Å². The number of benzene rings is 1. The largest absolute Gasteiger partial charge is 0.497 e. The predicted molar refractivity (Wildman–Crippen MR) is 109 cm³/mol. The third kappa shape index (κ3) is 3.58. The Balaban J connectivity index is 1.60. The molecule has 7 nitrogen and oxygen atoms in total. The Morgan fingerprint density at radius 3 is 2.50 bits per heavy atom. The minimum Gasteiger partial charge on any atom is -0.497 e. The lowest BCUT2D eigenvalue weighted by Gasteiger charge is -2.32. The van der Waals surface area contributed by atoms with Crippen LogP contribution in [0.4, 0.5) is 9.18 Å². The maximum absolute atomic E-state index is 13.5. The number of fused-ring (bicyclic) bond motifs is 1. The van der Waals surface area contributed by atoms with Gasteiger partial charge in [-0.25, -0.2) is 9.18 Å². The van der Waals surface area contributed by atoms with Gasteiger partial charge < -0.3 is 19.4 Å². The number of hydrogen-bond acceptors (Lipinski definition) is 4. The fraction of sp³-hybridized carbons (Fsp3) is 0.409.